The van der Waals surface area contributed by atoms with E-state index in [2.05, 4.69) is 25.2 Å². The number of esters is 1. The maximum Gasteiger partial charge on any atom is 0.311 e. The van der Waals surface area contributed by atoms with E-state index in [4.69, 9.17) is 33.2 Å². The van der Waals surface area contributed by atoms with Crippen molar-refractivity contribution < 1.29 is 63.5 Å². The third-order valence-corrected chi connectivity index (χ3v) is 16.0. The van der Waals surface area contributed by atoms with Crippen molar-refractivity contribution in [1.29, 1.82) is 0 Å². The summed E-state index contributed by atoms with van der Waals surface area (Å²) in [6.45, 7) is 19.7. The molecule has 3 saturated heterocycles. The fraction of sp³-hybridized carbons (Fsp3) is 0.759. The maximum absolute atomic E-state index is 14.5. The van der Waals surface area contributed by atoms with Gasteiger partial charge in [-0.15, -0.1) is 5.10 Å². The van der Waals surface area contributed by atoms with Crippen molar-refractivity contribution in [2.75, 3.05) is 40.9 Å². The minimum atomic E-state index is -1.84. The summed E-state index contributed by atoms with van der Waals surface area (Å²) in [4.78, 5) is 26.7. The van der Waals surface area contributed by atoms with Gasteiger partial charge in [-0.25, -0.2) is 9.97 Å². The van der Waals surface area contributed by atoms with E-state index < -0.39 is 102 Å². The van der Waals surface area contributed by atoms with E-state index in [-0.39, 0.29) is 31.3 Å². The third-order valence-electron chi connectivity index (χ3n) is 16.0. The van der Waals surface area contributed by atoms with Crippen LogP contribution in [0, 0.1) is 17.8 Å². The van der Waals surface area contributed by atoms with Gasteiger partial charge in [0.1, 0.15) is 42.1 Å². The molecule has 3 aliphatic heterocycles. The first-order chi connectivity index (χ1) is 34.9. The molecule has 18 atom stereocenters. The number of carbonyl (C=O) groups excluding carboxylic acids is 1. The molecule has 1 aromatic carbocycles. The molecule has 0 unspecified atom stereocenters. The minimum Gasteiger partial charge on any atom is -0.494 e. The monoisotopic (exact) mass is 1040 g/mol. The zero-order valence-electron chi connectivity index (χ0n) is 46.0. The molecule has 6 rings (SSSR count). The highest BCUT2D eigenvalue weighted by Gasteiger charge is 2.53. The van der Waals surface area contributed by atoms with Crippen molar-refractivity contribution in [2.24, 2.45) is 17.8 Å². The number of ether oxygens (including phenoxy) is 7. The number of likely N-dealkylation sites (N-methyl/N-ethyl adjacent to an activating group) is 2. The van der Waals surface area contributed by atoms with Gasteiger partial charge in [0.15, 0.2) is 12.6 Å². The van der Waals surface area contributed by atoms with Crippen molar-refractivity contribution in [2.45, 2.75) is 205 Å². The highest BCUT2D eigenvalue weighted by Crippen LogP contribution is 2.40. The van der Waals surface area contributed by atoms with Crippen LogP contribution in [-0.2, 0) is 46.2 Å². The normalized spacial score (nSPS) is 38.3. The lowest BCUT2D eigenvalue weighted by molar-refractivity contribution is -0.318. The number of cyclic esters (lactones) is 1. The molecule has 416 valence electrons. The third kappa shape index (κ3) is 14.4. The van der Waals surface area contributed by atoms with Crippen LogP contribution in [0.15, 0.2) is 49.2 Å². The van der Waals surface area contributed by atoms with Crippen LogP contribution in [0.3, 0.4) is 0 Å². The maximum atomic E-state index is 14.5. The second-order valence-corrected chi connectivity index (χ2v) is 22.3. The van der Waals surface area contributed by atoms with E-state index in [0.717, 1.165) is 29.0 Å². The lowest BCUT2D eigenvalue weighted by Gasteiger charge is -2.49. The number of benzene rings is 1. The first-order valence-corrected chi connectivity index (χ1v) is 26.5. The van der Waals surface area contributed by atoms with Gasteiger partial charge in [-0.2, -0.15) is 0 Å². The van der Waals surface area contributed by atoms with Gasteiger partial charge in [0.25, 0.3) is 0 Å². The molecule has 2 aromatic heterocycles. The van der Waals surface area contributed by atoms with E-state index in [0.29, 0.717) is 39.1 Å². The first-order valence-electron chi connectivity index (χ1n) is 26.5. The Hall–Kier alpha value is -3.77. The molecule has 0 saturated carbocycles. The molecule has 20 nitrogen and oxygen atoms in total. The van der Waals surface area contributed by atoms with Crippen molar-refractivity contribution in [3.8, 4) is 16.9 Å². The summed E-state index contributed by atoms with van der Waals surface area (Å²) in [5, 5.41) is 68.5. The second-order valence-electron chi connectivity index (χ2n) is 22.3. The number of rotatable bonds is 16. The van der Waals surface area contributed by atoms with Gasteiger partial charge >= 0.3 is 5.97 Å². The lowest BCUT2D eigenvalue weighted by atomic mass is 9.77. The van der Waals surface area contributed by atoms with Crippen LogP contribution in [0.4, 0.5) is 0 Å². The van der Waals surface area contributed by atoms with Crippen molar-refractivity contribution >= 4 is 5.97 Å². The molecule has 74 heavy (non-hydrogen) atoms. The van der Waals surface area contributed by atoms with Gasteiger partial charge in [-0.05, 0) is 105 Å². The van der Waals surface area contributed by atoms with Gasteiger partial charge in [0, 0.05) is 88.2 Å². The smallest absolute Gasteiger partial charge is 0.311 e. The Balaban J connectivity index is 1.18. The Morgan fingerprint density at radius 1 is 0.919 bits per heavy atom. The van der Waals surface area contributed by atoms with Gasteiger partial charge < -0.3 is 68.5 Å². The topological polar surface area (TPSA) is 246 Å². The van der Waals surface area contributed by atoms with Crippen LogP contribution in [0.2, 0.25) is 0 Å². The Morgan fingerprint density at radius 3 is 2.27 bits per heavy atom. The average molecular weight is 1040 g/mol. The number of aliphatic hydroxyl groups excluding tert-OH is 3. The number of aliphatic hydroxyl groups is 5. The SMILES string of the molecule is CC[C@H]1OC(=O)[C@H](C)[C@@H](O[C@H]2C[C@@](C)(OC)[C@@H](O)[C@H](C)O2)[C@H](C)[C@@H](O[C@@H]2O[C@H](C)C[C@H](N(C)CCc3cn(CCCOc4ccc(-c5cncnc5)cc4)nn3)[C@H]2O)[C@](C)(O)C[C@@H](C)CN(C)[C@H](C)[C@@H](O)[C@]1(C)O. The van der Waals surface area contributed by atoms with Gasteiger partial charge in [0.05, 0.1) is 53.8 Å². The van der Waals surface area contributed by atoms with E-state index >= 15 is 0 Å². The number of methoxy groups -OCH3 is 1. The molecule has 3 aliphatic rings. The Morgan fingerprint density at radius 2 is 1.61 bits per heavy atom. The Bertz CT molecular complexity index is 2190. The zero-order chi connectivity index (χ0) is 54.3. The molecule has 3 fully saturated rings. The number of carbonyl (C=O) groups is 1. The molecular weight excluding hydrogens is 955 g/mol. The Kier molecular flexibility index (Phi) is 20.6. The molecule has 5 N–H and O–H groups in total. The molecule has 0 amide bonds. The summed E-state index contributed by atoms with van der Waals surface area (Å²) in [6, 6.07) is 6.84. The molecule has 0 bridgehead atoms. The Labute approximate surface area is 438 Å². The van der Waals surface area contributed by atoms with E-state index in [9.17, 15) is 30.3 Å². The summed E-state index contributed by atoms with van der Waals surface area (Å²) in [5.74, 6) is -2.00. The number of hydrogen-bond donors (Lipinski definition) is 5. The molecule has 3 aromatic rings. The summed E-state index contributed by atoms with van der Waals surface area (Å²) in [5.41, 5.74) is -1.78. The predicted octanol–water partition coefficient (Wildman–Crippen LogP) is 4.03. The van der Waals surface area contributed by atoms with Crippen LogP contribution >= 0.6 is 0 Å². The standard InChI is InChI=1S/C54H87N7O13/c1-14-43-54(10,67)47(63)36(6)60(12)29-32(2)25-52(8,66)49(34(4)46(35(5)50(65)72-43)73-44-26-53(9,68-13)48(64)37(7)71-44)74-51-45(62)42(24-33(3)70-51)59(11)22-20-40-30-61(58-57-40)21-15-23-69-41-18-16-38(17-19-41)39-27-55-31-56-28-39/h16-19,27-28,30-37,42-49,51,62-64,66-67H,14-15,20-26,29H2,1-13H3/t32-,33-,34+,35-,36-,37+,42+,43-,44+,45-,46+,47-,48+,49-,51+,52-,53-,54-/m1/s1. The second kappa shape index (κ2) is 25.6. The van der Waals surface area contributed by atoms with Crippen LogP contribution in [-0.4, -0.2) is 197 Å². The predicted molar refractivity (Wildman–Crippen MR) is 274 cm³/mol. The molecule has 20 heteroatoms. The molecule has 0 radical (unpaired) electrons. The fourth-order valence-corrected chi connectivity index (χ4v) is 11.3. The molecule has 5 heterocycles. The van der Waals surface area contributed by atoms with Gasteiger partial charge in [-0.3, -0.25) is 9.48 Å². The summed E-state index contributed by atoms with van der Waals surface area (Å²) < 4.78 is 46.1. The fourth-order valence-electron chi connectivity index (χ4n) is 11.3. The average Bonchev–Trinajstić information content (AvgIpc) is 3.83. The van der Waals surface area contributed by atoms with Gasteiger partial charge in [0.2, 0.25) is 0 Å². The molecule has 0 spiro atoms. The number of aryl methyl sites for hydroxylation is 1. The number of nitrogens with zero attached hydrogens (tertiary/aromatic N) is 7. The van der Waals surface area contributed by atoms with Crippen LogP contribution in [0.1, 0.15) is 107 Å². The quantitative estimate of drug-likeness (QED) is 0.100. The number of hydrogen-bond acceptors (Lipinski definition) is 19. The van der Waals surface area contributed by atoms with Crippen LogP contribution in [0.5, 0.6) is 5.75 Å². The van der Waals surface area contributed by atoms with Crippen LogP contribution in [0.25, 0.3) is 11.1 Å². The van der Waals surface area contributed by atoms with Gasteiger partial charge in [-0.1, -0.05) is 38.1 Å². The summed E-state index contributed by atoms with van der Waals surface area (Å²) >= 11 is 0. The lowest BCUT2D eigenvalue weighted by Crippen LogP contribution is -2.61. The van der Waals surface area contributed by atoms with E-state index in [1.807, 2.05) is 70.2 Å². The summed E-state index contributed by atoms with van der Waals surface area (Å²) in [7, 11) is 5.29. The summed E-state index contributed by atoms with van der Waals surface area (Å²) in [6.07, 6.45) is -0.750. The highest BCUT2D eigenvalue weighted by atomic mass is 16.7. The first kappa shape index (κ1) is 59.5. The largest absolute Gasteiger partial charge is 0.494 e. The highest BCUT2D eigenvalue weighted by molar-refractivity contribution is 5.73. The van der Waals surface area contributed by atoms with E-state index in [1.165, 1.54) is 20.4 Å². The van der Waals surface area contributed by atoms with Crippen molar-refractivity contribution in [3.05, 3.63) is 54.9 Å². The minimum absolute atomic E-state index is 0.103. The molecule has 0 aliphatic carbocycles. The van der Waals surface area contributed by atoms with E-state index in [1.54, 1.807) is 58.6 Å². The zero-order valence-corrected chi connectivity index (χ0v) is 46.0. The van der Waals surface area contributed by atoms with Crippen LogP contribution < -0.4 is 4.74 Å². The van der Waals surface area contributed by atoms with Crippen molar-refractivity contribution in [1.82, 2.24) is 34.8 Å². The number of aromatic nitrogens is 5. The molecular formula is C54H87N7O13. The van der Waals surface area contributed by atoms with Crippen molar-refractivity contribution in [3.63, 3.8) is 0 Å².